The molecule has 2 atom stereocenters. The SMILES string of the molecule is CCCNC(=O)C1CC1C(=O)NC1CCCCCC1. The van der Waals surface area contributed by atoms with Gasteiger partial charge in [-0.25, -0.2) is 0 Å². The number of carbonyl (C=O) groups excluding carboxylic acids is 2. The third-order valence-electron chi connectivity index (χ3n) is 4.21. The molecule has 0 aromatic rings. The van der Waals surface area contributed by atoms with Crippen LogP contribution >= 0.6 is 0 Å². The zero-order valence-electron chi connectivity index (χ0n) is 11.9. The molecule has 2 amide bonds. The van der Waals surface area contributed by atoms with Crippen molar-refractivity contribution in [3.63, 3.8) is 0 Å². The summed E-state index contributed by atoms with van der Waals surface area (Å²) in [6.45, 7) is 2.75. The van der Waals surface area contributed by atoms with Gasteiger partial charge in [0.15, 0.2) is 0 Å². The molecule has 2 unspecified atom stereocenters. The number of hydrogen-bond donors (Lipinski definition) is 2. The topological polar surface area (TPSA) is 58.2 Å². The minimum absolute atomic E-state index is 0.0582. The third-order valence-corrected chi connectivity index (χ3v) is 4.21. The molecule has 0 saturated heterocycles. The van der Waals surface area contributed by atoms with Crippen molar-refractivity contribution in [2.45, 2.75) is 64.3 Å². The molecule has 0 radical (unpaired) electrons. The van der Waals surface area contributed by atoms with Crippen molar-refractivity contribution in [2.24, 2.45) is 11.8 Å². The highest BCUT2D eigenvalue weighted by Crippen LogP contribution is 2.39. The van der Waals surface area contributed by atoms with Gasteiger partial charge in [-0.3, -0.25) is 9.59 Å². The molecule has 0 heterocycles. The van der Waals surface area contributed by atoms with Gasteiger partial charge in [0.1, 0.15) is 0 Å². The van der Waals surface area contributed by atoms with Crippen LogP contribution in [0.4, 0.5) is 0 Å². The molecule has 0 aromatic heterocycles. The molecular formula is C15H26N2O2. The van der Waals surface area contributed by atoms with Crippen LogP contribution < -0.4 is 10.6 Å². The zero-order valence-corrected chi connectivity index (χ0v) is 11.9. The summed E-state index contributed by atoms with van der Waals surface area (Å²) in [6.07, 6.45) is 8.89. The highest BCUT2D eigenvalue weighted by molar-refractivity contribution is 5.92. The summed E-state index contributed by atoms with van der Waals surface area (Å²) >= 11 is 0. The van der Waals surface area contributed by atoms with Crippen LogP contribution in [0.15, 0.2) is 0 Å². The number of carbonyl (C=O) groups is 2. The Kier molecular flexibility index (Phi) is 5.23. The highest BCUT2D eigenvalue weighted by Gasteiger charge is 2.48. The highest BCUT2D eigenvalue weighted by atomic mass is 16.2. The van der Waals surface area contributed by atoms with Gasteiger partial charge in [0.2, 0.25) is 11.8 Å². The van der Waals surface area contributed by atoms with Gasteiger partial charge < -0.3 is 10.6 Å². The monoisotopic (exact) mass is 266 g/mol. The molecule has 0 aromatic carbocycles. The normalized spacial score (nSPS) is 27.4. The van der Waals surface area contributed by atoms with Crippen molar-refractivity contribution in [1.82, 2.24) is 10.6 Å². The first kappa shape index (κ1) is 14.4. The fraction of sp³-hybridized carbons (Fsp3) is 0.867. The number of amides is 2. The fourth-order valence-corrected chi connectivity index (χ4v) is 2.89. The smallest absolute Gasteiger partial charge is 0.224 e. The first-order valence-corrected chi connectivity index (χ1v) is 7.80. The summed E-state index contributed by atoms with van der Waals surface area (Å²) in [5.74, 6) is 0.0175. The Morgan fingerprint density at radius 1 is 1.00 bits per heavy atom. The first-order valence-electron chi connectivity index (χ1n) is 7.80. The van der Waals surface area contributed by atoms with Crippen LogP contribution in [0.1, 0.15) is 58.3 Å². The number of rotatable bonds is 5. The second-order valence-electron chi connectivity index (χ2n) is 5.94. The summed E-state index contributed by atoms with van der Waals surface area (Å²) in [5.41, 5.74) is 0. The lowest BCUT2D eigenvalue weighted by molar-refractivity contribution is -0.127. The molecule has 2 rings (SSSR count). The third kappa shape index (κ3) is 4.22. The van der Waals surface area contributed by atoms with Crippen LogP contribution in [-0.4, -0.2) is 24.4 Å². The van der Waals surface area contributed by atoms with E-state index in [4.69, 9.17) is 0 Å². The van der Waals surface area contributed by atoms with Gasteiger partial charge in [-0.15, -0.1) is 0 Å². The minimum Gasteiger partial charge on any atom is -0.356 e. The molecule has 2 N–H and O–H groups in total. The average Bonchev–Trinajstić information content (AvgIpc) is 3.20. The van der Waals surface area contributed by atoms with Crippen molar-refractivity contribution < 1.29 is 9.59 Å². The van der Waals surface area contributed by atoms with E-state index in [1.807, 2.05) is 6.92 Å². The van der Waals surface area contributed by atoms with Gasteiger partial charge >= 0.3 is 0 Å². The molecule has 108 valence electrons. The predicted molar refractivity (Wildman–Crippen MR) is 74.5 cm³/mol. The Balaban J connectivity index is 1.71. The maximum Gasteiger partial charge on any atom is 0.224 e. The second kappa shape index (κ2) is 6.92. The van der Waals surface area contributed by atoms with E-state index in [-0.39, 0.29) is 23.7 Å². The molecule has 19 heavy (non-hydrogen) atoms. The average molecular weight is 266 g/mol. The molecule has 0 bridgehead atoms. The van der Waals surface area contributed by atoms with E-state index < -0.39 is 0 Å². The van der Waals surface area contributed by atoms with E-state index in [0.29, 0.717) is 12.6 Å². The molecule has 2 saturated carbocycles. The molecule has 4 nitrogen and oxygen atoms in total. The van der Waals surface area contributed by atoms with Crippen molar-refractivity contribution >= 4 is 11.8 Å². The summed E-state index contributed by atoms with van der Waals surface area (Å²) in [5, 5.41) is 6.02. The molecular weight excluding hydrogens is 240 g/mol. The fourth-order valence-electron chi connectivity index (χ4n) is 2.89. The lowest BCUT2D eigenvalue weighted by atomic mass is 10.1. The van der Waals surface area contributed by atoms with Gasteiger partial charge in [-0.2, -0.15) is 0 Å². The van der Waals surface area contributed by atoms with Crippen LogP contribution in [-0.2, 0) is 9.59 Å². The lowest BCUT2D eigenvalue weighted by Gasteiger charge is -2.16. The van der Waals surface area contributed by atoms with Gasteiger partial charge in [-0.1, -0.05) is 32.6 Å². The quantitative estimate of drug-likeness (QED) is 0.748. The Labute approximate surface area is 115 Å². The second-order valence-corrected chi connectivity index (χ2v) is 5.94. The summed E-state index contributed by atoms with van der Waals surface area (Å²) < 4.78 is 0. The van der Waals surface area contributed by atoms with E-state index in [0.717, 1.165) is 25.7 Å². The summed E-state index contributed by atoms with van der Waals surface area (Å²) in [4.78, 5) is 23.8. The van der Waals surface area contributed by atoms with Crippen molar-refractivity contribution in [3.8, 4) is 0 Å². The lowest BCUT2D eigenvalue weighted by Crippen LogP contribution is -2.37. The van der Waals surface area contributed by atoms with Gasteiger partial charge in [-0.05, 0) is 25.7 Å². The van der Waals surface area contributed by atoms with E-state index >= 15 is 0 Å². The predicted octanol–water partition coefficient (Wildman–Crippen LogP) is 1.99. The van der Waals surface area contributed by atoms with E-state index in [1.54, 1.807) is 0 Å². The van der Waals surface area contributed by atoms with E-state index in [9.17, 15) is 9.59 Å². The minimum atomic E-state index is -0.0719. The Hall–Kier alpha value is -1.06. The zero-order chi connectivity index (χ0) is 13.7. The molecule has 0 spiro atoms. The molecule has 4 heteroatoms. The largest absolute Gasteiger partial charge is 0.356 e. The van der Waals surface area contributed by atoms with Crippen LogP contribution in [0, 0.1) is 11.8 Å². The van der Waals surface area contributed by atoms with E-state index in [1.165, 1.54) is 25.7 Å². The van der Waals surface area contributed by atoms with Gasteiger partial charge in [0, 0.05) is 12.6 Å². The maximum absolute atomic E-state index is 12.1. The van der Waals surface area contributed by atoms with Gasteiger partial charge in [0.25, 0.3) is 0 Å². The van der Waals surface area contributed by atoms with Crippen LogP contribution in [0.5, 0.6) is 0 Å². The van der Waals surface area contributed by atoms with Crippen LogP contribution in [0.25, 0.3) is 0 Å². The van der Waals surface area contributed by atoms with Crippen molar-refractivity contribution in [3.05, 3.63) is 0 Å². The van der Waals surface area contributed by atoms with Crippen molar-refractivity contribution in [1.29, 1.82) is 0 Å². The maximum atomic E-state index is 12.1. The Morgan fingerprint density at radius 3 is 2.26 bits per heavy atom. The molecule has 2 fully saturated rings. The molecule has 2 aliphatic rings. The first-order chi connectivity index (χ1) is 9.22. The van der Waals surface area contributed by atoms with Crippen molar-refractivity contribution in [2.75, 3.05) is 6.54 Å². The summed E-state index contributed by atoms with van der Waals surface area (Å²) in [6, 6.07) is 0.343. The Bertz CT molecular complexity index is 322. The molecule has 2 aliphatic carbocycles. The summed E-state index contributed by atoms with van der Waals surface area (Å²) in [7, 11) is 0. The Morgan fingerprint density at radius 2 is 1.63 bits per heavy atom. The van der Waals surface area contributed by atoms with Gasteiger partial charge in [0.05, 0.1) is 11.8 Å². The van der Waals surface area contributed by atoms with Crippen LogP contribution in [0.3, 0.4) is 0 Å². The van der Waals surface area contributed by atoms with E-state index in [2.05, 4.69) is 10.6 Å². The number of nitrogens with one attached hydrogen (secondary N) is 2. The molecule has 0 aliphatic heterocycles. The number of hydrogen-bond acceptors (Lipinski definition) is 2. The standard InChI is InChI=1S/C15H26N2O2/c1-2-9-16-14(18)12-10-13(12)15(19)17-11-7-5-3-4-6-8-11/h11-13H,2-10H2,1H3,(H,16,18)(H,17,19). The van der Waals surface area contributed by atoms with Crippen LogP contribution in [0.2, 0.25) is 0 Å².